The van der Waals surface area contributed by atoms with Gasteiger partial charge in [-0.15, -0.1) is 0 Å². The molecule has 0 bridgehead atoms. The Labute approximate surface area is 137 Å². The topological polar surface area (TPSA) is 57.2 Å². The molecule has 0 N–H and O–H groups in total. The van der Waals surface area contributed by atoms with E-state index in [4.69, 9.17) is 27.6 Å². The summed E-state index contributed by atoms with van der Waals surface area (Å²) in [5.41, 5.74) is 0.687. The Balaban J connectivity index is 2.15. The van der Waals surface area contributed by atoms with Crippen LogP contribution in [0, 0.1) is 11.3 Å². The van der Waals surface area contributed by atoms with Gasteiger partial charge in [-0.3, -0.25) is 0 Å². The van der Waals surface area contributed by atoms with E-state index in [0.717, 1.165) is 25.9 Å². The van der Waals surface area contributed by atoms with E-state index in [1.54, 1.807) is 24.3 Å². The van der Waals surface area contributed by atoms with Gasteiger partial charge < -0.3 is 9.32 Å². The highest BCUT2D eigenvalue weighted by atomic mass is 35.5. The summed E-state index contributed by atoms with van der Waals surface area (Å²) in [5.74, 6) is 0.379. The standard InChI is InChI=1S/C16H12Cl2N2O2/c17-12-4-3-10(7-13(12)18)15-8-14(20-5-1-2-6-20)11(9-19)16(21)22-15/h3-4,7-8H,1-2,5-6H2. The molecule has 0 aliphatic carbocycles. The first-order valence-corrected chi connectivity index (χ1v) is 7.64. The third-order valence-electron chi connectivity index (χ3n) is 3.69. The number of hydrogen-bond acceptors (Lipinski definition) is 4. The lowest BCUT2D eigenvalue weighted by atomic mass is 10.1. The zero-order chi connectivity index (χ0) is 15.7. The predicted molar refractivity (Wildman–Crippen MR) is 86.6 cm³/mol. The van der Waals surface area contributed by atoms with E-state index >= 15 is 0 Å². The molecule has 112 valence electrons. The van der Waals surface area contributed by atoms with Crippen molar-refractivity contribution >= 4 is 28.9 Å². The van der Waals surface area contributed by atoms with Crippen LogP contribution in [0.3, 0.4) is 0 Å². The minimum atomic E-state index is -0.632. The molecular formula is C16H12Cl2N2O2. The summed E-state index contributed by atoms with van der Waals surface area (Å²) < 4.78 is 5.27. The van der Waals surface area contributed by atoms with Crippen LogP contribution in [0.25, 0.3) is 11.3 Å². The molecule has 1 aliphatic rings. The van der Waals surface area contributed by atoms with Crippen molar-refractivity contribution in [2.24, 2.45) is 0 Å². The Bertz CT molecular complexity index is 818. The summed E-state index contributed by atoms with van der Waals surface area (Å²) >= 11 is 11.9. The molecule has 1 aromatic carbocycles. The molecule has 2 aromatic rings. The Morgan fingerprint density at radius 1 is 1.14 bits per heavy atom. The molecule has 1 saturated heterocycles. The number of anilines is 1. The number of nitriles is 1. The molecule has 2 heterocycles. The van der Waals surface area contributed by atoms with Gasteiger partial charge >= 0.3 is 5.63 Å². The average Bonchev–Trinajstić information content (AvgIpc) is 3.03. The lowest BCUT2D eigenvalue weighted by Gasteiger charge is -2.18. The number of benzene rings is 1. The molecule has 6 heteroatoms. The summed E-state index contributed by atoms with van der Waals surface area (Å²) in [7, 11) is 0. The zero-order valence-corrected chi connectivity index (χ0v) is 13.1. The van der Waals surface area contributed by atoms with E-state index in [9.17, 15) is 10.1 Å². The van der Waals surface area contributed by atoms with Gasteiger partial charge in [0.25, 0.3) is 0 Å². The van der Waals surface area contributed by atoms with Crippen molar-refractivity contribution < 1.29 is 4.42 Å². The molecule has 1 aromatic heterocycles. The molecule has 22 heavy (non-hydrogen) atoms. The number of nitrogens with zero attached hydrogens (tertiary/aromatic N) is 2. The highest BCUT2D eigenvalue weighted by Crippen LogP contribution is 2.31. The van der Waals surface area contributed by atoms with Crippen LogP contribution in [-0.2, 0) is 0 Å². The molecule has 1 aliphatic heterocycles. The van der Waals surface area contributed by atoms with E-state index in [1.807, 2.05) is 11.0 Å². The molecule has 1 fully saturated rings. The summed E-state index contributed by atoms with van der Waals surface area (Å²) in [6.45, 7) is 1.66. The van der Waals surface area contributed by atoms with Crippen molar-refractivity contribution in [3.63, 3.8) is 0 Å². The number of halogens is 2. The van der Waals surface area contributed by atoms with Gasteiger partial charge in [0.1, 0.15) is 11.8 Å². The predicted octanol–water partition coefficient (Wildman–Crippen LogP) is 4.09. The second-order valence-corrected chi connectivity index (χ2v) is 5.91. The number of rotatable bonds is 2. The average molecular weight is 335 g/mol. The first-order valence-electron chi connectivity index (χ1n) is 6.89. The quantitative estimate of drug-likeness (QED) is 0.830. The van der Waals surface area contributed by atoms with Crippen molar-refractivity contribution in [1.82, 2.24) is 0 Å². The maximum Gasteiger partial charge on any atom is 0.356 e. The third kappa shape index (κ3) is 2.70. The van der Waals surface area contributed by atoms with E-state index in [0.29, 0.717) is 27.1 Å². The van der Waals surface area contributed by atoms with Crippen LogP contribution in [0.4, 0.5) is 5.69 Å². The second-order valence-electron chi connectivity index (χ2n) is 5.09. The van der Waals surface area contributed by atoms with Gasteiger partial charge in [0, 0.05) is 24.7 Å². The zero-order valence-electron chi connectivity index (χ0n) is 11.6. The Kier molecular flexibility index (Phi) is 4.10. The smallest absolute Gasteiger partial charge is 0.356 e. The van der Waals surface area contributed by atoms with Crippen LogP contribution < -0.4 is 10.5 Å². The molecule has 0 unspecified atom stereocenters. The summed E-state index contributed by atoms with van der Waals surface area (Å²) in [4.78, 5) is 14.1. The maximum atomic E-state index is 12.1. The highest BCUT2D eigenvalue weighted by molar-refractivity contribution is 6.42. The Hall–Kier alpha value is -1.96. The van der Waals surface area contributed by atoms with Gasteiger partial charge in [-0.2, -0.15) is 5.26 Å². The van der Waals surface area contributed by atoms with Gasteiger partial charge in [0.15, 0.2) is 5.56 Å². The molecular weight excluding hydrogens is 323 g/mol. The van der Waals surface area contributed by atoms with Gasteiger partial charge in [0.05, 0.1) is 15.7 Å². The van der Waals surface area contributed by atoms with Crippen LogP contribution in [0.15, 0.2) is 33.5 Å². The SMILES string of the molecule is N#Cc1c(N2CCCC2)cc(-c2ccc(Cl)c(Cl)c2)oc1=O. The molecule has 0 radical (unpaired) electrons. The first-order chi connectivity index (χ1) is 10.6. The van der Waals surface area contributed by atoms with Crippen molar-refractivity contribution in [2.45, 2.75) is 12.8 Å². The van der Waals surface area contributed by atoms with Crippen LogP contribution >= 0.6 is 23.2 Å². The molecule has 0 atom stereocenters. The van der Waals surface area contributed by atoms with Gasteiger partial charge in [-0.25, -0.2) is 4.79 Å². The second kappa shape index (κ2) is 6.04. The van der Waals surface area contributed by atoms with E-state index in [2.05, 4.69) is 0 Å². The van der Waals surface area contributed by atoms with E-state index in [1.165, 1.54) is 0 Å². The van der Waals surface area contributed by atoms with Crippen LogP contribution in [0.1, 0.15) is 18.4 Å². The lowest BCUT2D eigenvalue weighted by Crippen LogP contribution is -2.22. The van der Waals surface area contributed by atoms with Crippen molar-refractivity contribution in [1.29, 1.82) is 5.26 Å². The summed E-state index contributed by atoms with van der Waals surface area (Å²) in [6, 6.07) is 8.69. The normalized spacial score (nSPS) is 14.1. The maximum absolute atomic E-state index is 12.1. The molecule has 0 saturated carbocycles. The van der Waals surface area contributed by atoms with Crippen molar-refractivity contribution in [2.75, 3.05) is 18.0 Å². The van der Waals surface area contributed by atoms with Crippen molar-refractivity contribution in [3.8, 4) is 17.4 Å². The molecule has 3 rings (SSSR count). The largest absolute Gasteiger partial charge is 0.422 e. The van der Waals surface area contributed by atoms with Crippen LogP contribution in [0.5, 0.6) is 0 Å². The Morgan fingerprint density at radius 3 is 2.50 bits per heavy atom. The van der Waals surface area contributed by atoms with Crippen LogP contribution in [-0.4, -0.2) is 13.1 Å². The molecule has 4 nitrogen and oxygen atoms in total. The number of hydrogen-bond donors (Lipinski definition) is 0. The summed E-state index contributed by atoms with van der Waals surface area (Å²) in [6.07, 6.45) is 2.10. The molecule has 0 spiro atoms. The highest BCUT2D eigenvalue weighted by Gasteiger charge is 2.21. The minimum absolute atomic E-state index is 0.0470. The van der Waals surface area contributed by atoms with E-state index < -0.39 is 5.63 Å². The molecule has 0 amide bonds. The summed E-state index contributed by atoms with van der Waals surface area (Å²) in [5, 5.41) is 10.0. The fraction of sp³-hybridized carbons (Fsp3) is 0.250. The lowest BCUT2D eigenvalue weighted by molar-refractivity contribution is 0.523. The van der Waals surface area contributed by atoms with Gasteiger partial charge in [0.2, 0.25) is 0 Å². The fourth-order valence-electron chi connectivity index (χ4n) is 2.58. The van der Waals surface area contributed by atoms with E-state index in [-0.39, 0.29) is 5.56 Å². The monoisotopic (exact) mass is 334 g/mol. The third-order valence-corrected chi connectivity index (χ3v) is 4.43. The Morgan fingerprint density at radius 2 is 1.86 bits per heavy atom. The first kappa shape index (κ1) is 15.0. The fourth-order valence-corrected chi connectivity index (χ4v) is 2.88. The van der Waals surface area contributed by atoms with Gasteiger partial charge in [-0.1, -0.05) is 23.2 Å². The van der Waals surface area contributed by atoms with Gasteiger partial charge in [-0.05, 0) is 31.0 Å². The van der Waals surface area contributed by atoms with Crippen LogP contribution in [0.2, 0.25) is 10.0 Å². The minimum Gasteiger partial charge on any atom is -0.422 e. The van der Waals surface area contributed by atoms with Crippen molar-refractivity contribution in [3.05, 3.63) is 50.3 Å².